The number of aromatic amines is 1. The highest BCUT2D eigenvalue weighted by molar-refractivity contribution is 5.94. The zero-order chi connectivity index (χ0) is 22.2. The summed E-state index contributed by atoms with van der Waals surface area (Å²) in [6.07, 6.45) is 15.8. The highest BCUT2D eigenvalue weighted by Crippen LogP contribution is 2.12. The molecule has 2 aromatic heterocycles. The molecule has 0 fully saturated rings. The highest BCUT2D eigenvalue weighted by Gasteiger charge is 2.09. The summed E-state index contributed by atoms with van der Waals surface area (Å²) in [6, 6.07) is 12.1. The van der Waals surface area contributed by atoms with Crippen LogP contribution in [0.1, 0.15) is 87.4 Å². The molecule has 0 amide bonds. The number of hydrogen-bond acceptors (Lipinski definition) is 4. The molecular weight excluding hydrogens is 386 g/mol. The number of H-pyrrole nitrogens is 1. The fourth-order valence-electron chi connectivity index (χ4n) is 3.48. The molecule has 0 spiro atoms. The Bertz CT molecular complexity index is 810. The van der Waals surface area contributed by atoms with Gasteiger partial charge in [0.25, 0.3) is 0 Å². The second-order valence-corrected chi connectivity index (χ2v) is 7.90. The van der Waals surface area contributed by atoms with Gasteiger partial charge in [-0.2, -0.15) is 0 Å². The van der Waals surface area contributed by atoms with E-state index in [1.54, 1.807) is 6.20 Å². The Kier molecular flexibility index (Phi) is 12.2. The van der Waals surface area contributed by atoms with E-state index >= 15 is 0 Å². The Morgan fingerprint density at radius 1 is 0.935 bits per heavy atom. The number of nitrogens with zero attached hydrogens (tertiary/aromatic N) is 2. The van der Waals surface area contributed by atoms with Gasteiger partial charge in [-0.05, 0) is 18.6 Å². The van der Waals surface area contributed by atoms with Crippen LogP contribution in [0, 0.1) is 0 Å². The van der Waals surface area contributed by atoms with Crippen molar-refractivity contribution in [1.29, 1.82) is 0 Å². The topological polar surface area (TPSA) is 78.9 Å². The third-order valence-corrected chi connectivity index (χ3v) is 5.28. The number of para-hydroxylation sites is 1. The molecular formula is C26H37N3O2. The van der Waals surface area contributed by atoms with Gasteiger partial charge in [0.1, 0.15) is 11.5 Å². The number of carbonyl (C=O) groups excluding carboxylic acids is 1. The molecule has 1 aromatic carbocycles. The van der Waals surface area contributed by atoms with Gasteiger partial charge in [0.15, 0.2) is 5.78 Å². The van der Waals surface area contributed by atoms with Crippen LogP contribution in [-0.2, 0) is 6.42 Å². The number of fused-ring (bicyclic) bond motifs is 1. The first-order valence-corrected chi connectivity index (χ1v) is 11.7. The summed E-state index contributed by atoms with van der Waals surface area (Å²) in [7, 11) is 0. The van der Waals surface area contributed by atoms with Crippen LogP contribution in [0.3, 0.4) is 0 Å². The lowest BCUT2D eigenvalue weighted by molar-refractivity contribution is 0.0974. The zero-order valence-electron chi connectivity index (χ0n) is 18.9. The first kappa shape index (κ1) is 24.7. The van der Waals surface area contributed by atoms with Crippen molar-refractivity contribution in [2.45, 2.75) is 77.6 Å². The maximum atomic E-state index is 11.9. The fourth-order valence-corrected chi connectivity index (χ4v) is 3.48. The van der Waals surface area contributed by atoms with Crippen molar-refractivity contribution in [3.8, 4) is 0 Å². The maximum Gasteiger partial charge on any atom is 0.182 e. The molecule has 168 valence electrons. The van der Waals surface area contributed by atoms with Gasteiger partial charge in [-0.15, -0.1) is 0 Å². The number of imidazole rings is 1. The van der Waals surface area contributed by atoms with E-state index in [2.05, 4.69) is 34.0 Å². The van der Waals surface area contributed by atoms with Crippen molar-refractivity contribution in [2.24, 2.45) is 0 Å². The van der Waals surface area contributed by atoms with Gasteiger partial charge < -0.3 is 10.1 Å². The van der Waals surface area contributed by atoms with Crippen molar-refractivity contribution in [3.05, 3.63) is 60.3 Å². The van der Waals surface area contributed by atoms with E-state index in [9.17, 15) is 4.79 Å². The lowest BCUT2D eigenvalue weighted by atomic mass is 10.0. The summed E-state index contributed by atoms with van der Waals surface area (Å²) < 4.78 is 0. The lowest BCUT2D eigenvalue weighted by Gasteiger charge is -2.01. The first-order chi connectivity index (χ1) is 15.2. The number of hydrogen-bond donors (Lipinski definition) is 2. The average Bonchev–Trinajstić information content (AvgIpc) is 3.27. The van der Waals surface area contributed by atoms with Gasteiger partial charge in [-0.1, -0.05) is 82.6 Å². The molecule has 2 N–H and O–H groups in total. The van der Waals surface area contributed by atoms with E-state index in [4.69, 9.17) is 5.11 Å². The van der Waals surface area contributed by atoms with Gasteiger partial charge in [0, 0.05) is 30.6 Å². The molecule has 0 bridgehead atoms. The number of nitrogens with one attached hydrogen (secondary N) is 1. The number of Topliss-reactive ketones (excluding diaryl/α,β-unsaturated/α-hetero) is 1. The third-order valence-electron chi connectivity index (χ3n) is 5.28. The summed E-state index contributed by atoms with van der Waals surface area (Å²) in [5.74, 6) is 0.798. The van der Waals surface area contributed by atoms with E-state index in [0.29, 0.717) is 24.4 Å². The van der Waals surface area contributed by atoms with Gasteiger partial charge in [0.2, 0.25) is 0 Å². The summed E-state index contributed by atoms with van der Waals surface area (Å²) in [6.45, 7) is 2.29. The minimum atomic E-state index is 0.0550. The fraction of sp³-hybridized carbons (Fsp3) is 0.500. The van der Waals surface area contributed by atoms with Crippen molar-refractivity contribution in [3.63, 3.8) is 0 Å². The molecule has 0 radical (unpaired) electrons. The van der Waals surface area contributed by atoms with Gasteiger partial charge >= 0.3 is 0 Å². The number of pyridine rings is 1. The molecule has 0 aliphatic carbocycles. The first-order valence-electron chi connectivity index (χ1n) is 11.7. The smallest absolute Gasteiger partial charge is 0.182 e. The van der Waals surface area contributed by atoms with Crippen LogP contribution in [0.25, 0.3) is 10.9 Å². The largest absolute Gasteiger partial charge is 0.396 e. The quantitative estimate of drug-likeness (QED) is 0.250. The minimum absolute atomic E-state index is 0.0550. The van der Waals surface area contributed by atoms with Crippen LogP contribution in [0.4, 0.5) is 0 Å². The second kappa shape index (κ2) is 15.3. The van der Waals surface area contributed by atoms with Crippen LogP contribution < -0.4 is 0 Å². The minimum Gasteiger partial charge on any atom is -0.396 e. The molecule has 0 saturated heterocycles. The number of unbranched alkanes of at least 4 members (excludes halogenated alkanes) is 8. The van der Waals surface area contributed by atoms with Crippen LogP contribution in [0.5, 0.6) is 0 Å². The SMILES string of the molecule is CCCCCCCCCCCC(=O)c1c[nH]c(CCO)n1.c1ccc2ncccc2c1. The van der Waals surface area contributed by atoms with Crippen LogP contribution >= 0.6 is 0 Å². The molecule has 0 aliphatic rings. The van der Waals surface area contributed by atoms with E-state index in [-0.39, 0.29) is 12.4 Å². The number of aliphatic hydroxyl groups is 1. The number of aromatic nitrogens is 3. The summed E-state index contributed by atoms with van der Waals surface area (Å²) in [4.78, 5) is 23.2. The Hall–Kier alpha value is -2.53. The molecule has 31 heavy (non-hydrogen) atoms. The predicted molar refractivity (Wildman–Crippen MR) is 127 cm³/mol. The molecule has 0 unspecified atom stereocenters. The number of aliphatic hydroxyl groups excluding tert-OH is 1. The number of benzene rings is 1. The van der Waals surface area contributed by atoms with Crippen LogP contribution in [-0.4, -0.2) is 32.4 Å². The van der Waals surface area contributed by atoms with E-state index in [0.717, 1.165) is 18.4 Å². The predicted octanol–water partition coefficient (Wildman–Crippen LogP) is 6.28. The number of rotatable bonds is 13. The van der Waals surface area contributed by atoms with Crippen molar-refractivity contribution >= 4 is 16.7 Å². The standard InChI is InChI=1S/C17H30N2O2.C9H7N/c1-2-3-4-5-6-7-8-9-10-11-16(21)15-14-18-17(19-15)12-13-20;1-2-6-9-8(4-1)5-3-7-10-9/h14,20H,2-13H2,1H3,(H,18,19);1-7H. The summed E-state index contributed by atoms with van der Waals surface area (Å²) >= 11 is 0. The molecule has 2 heterocycles. The van der Waals surface area contributed by atoms with E-state index in [1.807, 2.05) is 30.5 Å². The number of ketones is 1. The Balaban J connectivity index is 0.000000280. The van der Waals surface area contributed by atoms with Crippen molar-refractivity contribution < 1.29 is 9.90 Å². The van der Waals surface area contributed by atoms with E-state index < -0.39 is 0 Å². The van der Waals surface area contributed by atoms with Crippen LogP contribution in [0.15, 0.2) is 48.8 Å². The molecule has 5 heteroatoms. The monoisotopic (exact) mass is 423 g/mol. The lowest BCUT2D eigenvalue weighted by Crippen LogP contribution is -2.00. The van der Waals surface area contributed by atoms with Gasteiger partial charge in [-0.25, -0.2) is 4.98 Å². The third kappa shape index (κ3) is 9.88. The normalized spacial score (nSPS) is 10.6. The van der Waals surface area contributed by atoms with Gasteiger partial charge in [-0.3, -0.25) is 9.78 Å². The maximum absolute atomic E-state index is 11.9. The Morgan fingerprint density at radius 2 is 1.61 bits per heavy atom. The summed E-state index contributed by atoms with van der Waals surface area (Å²) in [5, 5.41) is 10.0. The van der Waals surface area contributed by atoms with Gasteiger partial charge in [0.05, 0.1) is 12.1 Å². The second-order valence-electron chi connectivity index (χ2n) is 7.90. The number of carbonyl (C=O) groups is 1. The highest BCUT2D eigenvalue weighted by atomic mass is 16.3. The van der Waals surface area contributed by atoms with Crippen molar-refractivity contribution in [2.75, 3.05) is 6.61 Å². The van der Waals surface area contributed by atoms with E-state index in [1.165, 1.54) is 50.3 Å². The summed E-state index contributed by atoms with van der Waals surface area (Å²) in [5.41, 5.74) is 1.57. The van der Waals surface area contributed by atoms with Crippen LogP contribution in [0.2, 0.25) is 0 Å². The molecule has 3 rings (SSSR count). The average molecular weight is 424 g/mol. The molecule has 5 nitrogen and oxygen atoms in total. The van der Waals surface area contributed by atoms with Crippen molar-refractivity contribution in [1.82, 2.24) is 15.0 Å². The Morgan fingerprint density at radius 3 is 2.32 bits per heavy atom. The molecule has 0 atom stereocenters. The molecule has 0 aliphatic heterocycles. The molecule has 3 aromatic rings. The Labute approximate surface area is 186 Å². The zero-order valence-corrected chi connectivity index (χ0v) is 18.9. The molecule has 0 saturated carbocycles.